The van der Waals surface area contributed by atoms with Crippen molar-refractivity contribution < 1.29 is 14.3 Å². The van der Waals surface area contributed by atoms with Crippen molar-refractivity contribution in [2.45, 2.75) is 25.8 Å². The molecule has 0 heterocycles. The molecule has 1 atom stereocenters. The fourth-order valence-electron chi connectivity index (χ4n) is 1.51. The van der Waals surface area contributed by atoms with Gasteiger partial charge in [-0.25, -0.2) is 4.79 Å². The number of hydrogen-bond acceptors (Lipinski definition) is 3. The van der Waals surface area contributed by atoms with Gasteiger partial charge in [-0.05, 0) is 5.56 Å². The van der Waals surface area contributed by atoms with Gasteiger partial charge in [-0.15, -0.1) is 0 Å². The Hall–Kier alpha value is -1.84. The van der Waals surface area contributed by atoms with Crippen molar-refractivity contribution in [1.82, 2.24) is 5.32 Å². The smallest absolute Gasteiger partial charge is 0.407 e. The van der Waals surface area contributed by atoms with E-state index in [0.717, 1.165) is 5.56 Å². The molecule has 4 heteroatoms. The van der Waals surface area contributed by atoms with E-state index >= 15 is 0 Å². The van der Waals surface area contributed by atoms with E-state index in [9.17, 15) is 9.59 Å². The number of Topliss-reactive ketones (excluding diaryl/α,β-unsaturated/α-hetero) is 1. The Morgan fingerprint density at radius 3 is 2.47 bits per heavy atom. The number of benzene rings is 1. The Morgan fingerprint density at radius 2 is 1.94 bits per heavy atom. The van der Waals surface area contributed by atoms with Crippen LogP contribution in [0.25, 0.3) is 0 Å². The molecule has 0 aliphatic rings. The molecule has 92 valence electrons. The second kappa shape index (κ2) is 6.68. The van der Waals surface area contributed by atoms with Crippen molar-refractivity contribution in [2.75, 3.05) is 7.11 Å². The molecule has 1 rings (SSSR count). The van der Waals surface area contributed by atoms with E-state index in [1.54, 1.807) is 0 Å². The third-order valence-electron chi connectivity index (χ3n) is 2.51. The summed E-state index contributed by atoms with van der Waals surface area (Å²) in [6, 6.07) is 9.07. The Balaban J connectivity index is 2.79. The highest BCUT2D eigenvalue weighted by Gasteiger charge is 2.17. The van der Waals surface area contributed by atoms with Gasteiger partial charge in [0.15, 0.2) is 0 Å². The van der Waals surface area contributed by atoms with Crippen molar-refractivity contribution in [3.63, 3.8) is 0 Å². The van der Waals surface area contributed by atoms with Crippen LogP contribution in [-0.2, 0) is 9.53 Å². The van der Waals surface area contributed by atoms with Gasteiger partial charge in [0.05, 0.1) is 13.2 Å². The maximum Gasteiger partial charge on any atom is 0.407 e. The molecule has 0 spiro atoms. The summed E-state index contributed by atoms with van der Waals surface area (Å²) in [6.07, 6.45) is 0.227. The summed E-state index contributed by atoms with van der Waals surface area (Å²) >= 11 is 0. The van der Waals surface area contributed by atoms with Gasteiger partial charge in [-0.2, -0.15) is 0 Å². The van der Waals surface area contributed by atoms with Crippen molar-refractivity contribution in [3.8, 4) is 0 Å². The minimum absolute atomic E-state index is 0.107. The van der Waals surface area contributed by atoms with Crippen LogP contribution in [0.3, 0.4) is 0 Å². The van der Waals surface area contributed by atoms with Gasteiger partial charge >= 0.3 is 6.09 Å². The van der Waals surface area contributed by atoms with Crippen LogP contribution in [-0.4, -0.2) is 19.0 Å². The number of alkyl carbamates (subject to hydrolysis) is 1. The van der Waals surface area contributed by atoms with Gasteiger partial charge in [0.25, 0.3) is 0 Å². The highest BCUT2D eigenvalue weighted by Crippen LogP contribution is 2.17. The van der Waals surface area contributed by atoms with Crippen LogP contribution < -0.4 is 5.32 Å². The SMILES string of the molecule is CCC(=O)C[C@@H](NC(=O)OC)c1ccccc1. The zero-order valence-corrected chi connectivity index (χ0v) is 10.1. The average molecular weight is 235 g/mol. The molecule has 1 N–H and O–H groups in total. The summed E-state index contributed by atoms with van der Waals surface area (Å²) in [6.45, 7) is 1.81. The third kappa shape index (κ3) is 4.26. The third-order valence-corrected chi connectivity index (χ3v) is 2.51. The number of ether oxygens (including phenoxy) is 1. The predicted octanol–water partition coefficient (Wildman–Crippen LogP) is 2.45. The van der Waals surface area contributed by atoms with Gasteiger partial charge in [0, 0.05) is 12.8 Å². The first kappa shape index (κ1) is 13.2. The normalized spacial score (nSPS) is 11.6. The number of rotatable bonds is 5. The largest absolute Gasteiger partial charge is 0.453 e. The molecule has 1 aromatic rings. The van der Waals surface area contributed by atoms with Gasteiger partial charge in [-0.1, -0.05) is 37.3 Å². The van der Waals surface area contributed by atoms with Gasteiger partial charge in [0.2, 0.25) is 0 Å². The second-order valence-corrected chi connectivity index (χ2v) is 3.70. The number of carbonyl (C=O) groups excluding carboxylic acids is 2. The molecule has 0 aliphatic carbocycles. The maximum absolute atomic E-state index is 11.5. The molecule has 1 amide bonds. The zero-order chi connectivity index (χ0) is 12.7. The molecule has 0 aliphatic heterocycles. The number of carbonyl (C=O) groups is 2. The van der Waals surface area contributed by atoms with Crippen LogP contribution in [0.15, 0.2) is 30.3 Å². The first-order valence-electron chi connectivity index (χ1n) is 5.58. The molecular weight excluding hydrogens is 218 g/mol. The summed E-state index contributed by atoms with van der Waals surface area (Å²) in [4.78, 5) is 22.7. The van der Waals surface area contributed by atoms with Crippen molar-refractivity contribution >= 4 is 11.9 Å². The van der Waals surface area contributed by atoms with Crippen molar-refractivity contribution in [1.29, 1.82) is 0 Å². The van der Waals surface area contributed by atoms with E-state index in [0.29, 0.717) is 6.42 Å². The lowest BCUT2D eigenvalue weighted by molar-refractivity contribution is -0.119. The van der Waals surface area contributed by atoms with Crippen molar-refractivity contribution in [3.05, 3.63) is 35.9 Å². The summed E-state index contributed by atoms with van der Waals surface area (Å²) in [5.74, 6) is 0.107. The fraction of sp³-hybridized carbons (Fsp3) is 0.385. The van der Waals surface area contributed by atoms with Gasteiger partial charge in [0.1, 0.15) is 5.78 Å². The van der Waals surface area contributed by atoms with Crippen LogP contribution in [0.1, 0.15) is 31.4 Å². The number of ketones is 1. The van der Waals surface area contributed by atoms with E-state index in [2.05, 4.69) is 10.1 Å². The van der Waals surface area contributed by atoms with E-state index < -0.39 is 6.09 Å². The van der Waals surface area contributed by atoms with Crippen LogP contribution >= 0.6 is 0 Å². The summed E-state index contributed by atoms with van der Waals surface area (Å²) in [5.41, 5.74) is 0.903. The lowest BCUT2D eigenvalue weighted by Crippen LogP contribution is -2.29. The van der Waals surface area contributed by atoms with E-state index in [1.807, 2.05) is 37.3 Å². The first-order valence-corrected chi connectivity index (χ1v) is 5.58. The average Bonchev–Trinajstić information content (AvgIpc) is 2.38. The van der Waals surface area contributed by atoms with E-state index in [4.69, 9.17) is 0 Å². The monoisotopic (exact) mass is 235 g/mol. The summed E-state index contributed by atoms with van der Waals surface area (Å²) in [5, 5.41) is 2.67. The Kier molecular flexibility index (Phi) is 5.20. The van der Waals surface area contributed by atoms with Crippen LogP contribution in [0.4, 0.5) is 4.79 Å². The van der Waals surface area contributed by atoms with Gasteiger partial charge < -0.3 is 10.1 Å². The lowest BCUT2D eigenvalue weighted by atomic mass is 10.0. The molecule has 0 bridgehead atoms. The fourth-order valence-corrected chi connectivity index (χ4v) is 1.51. The first-order chi connectivity index (χ1) is 8.17. The van der Waals surface area contributed by atoms with Crippen molar-refractivity contribution in [2.24, 2.45) is 0 Å². The Morgan fingerprint density at radius 1 is 1.29 bits per heavy atom. The highest BCUT2D eigenvalue weighted by molar-refractivity contribution is 5.79. The van der Waals surface area contributed by atoms with E-state index in [-0.39, 0.29) is 18.2 Å². The standard InChI is InChI=1S/C13H17NO3/c1-3-11(15)9-12(14-13(16)17-2)10-7-5-4-6-8-10/h4-8,12H,3,9H2,1-2H3,(H,14,16)/t12-/m1/s1. The summed E-state index contributed by atoms with van der Waals surface area (Å²) < 4.78 is 4.56. The molecule has 1 aromatic carbocycles. The minimum Gasteiger partial charge on any atom is -0.453 e. The predicted molar refractivity (Wildman–Crippen MR) is 64.6 cm³/mol. The summed E-state index contributed by atoms with van der Waals surface area (Å²) in [7, 11) is 1.30. The molecule has 17 heavy (non-hydrogen) atoms. The molecule has 0 saturated heterocycles. The molecule has 0 fully saturated rings. The Bertz CT molecular complexity index is 358. The molecule has 0 radical (unpaired) electrons. The van der Waals surface area contributed by atoms with E-state index in [1.165, 1.54) is 7.11 Å². The molecule has 0 aromatic heterocycles. The number of hydrogen-bond donors (Lipinski definition) is 1. The highest BCUT2D eigenvalue weighted by atomic mass is 16.5. The molecule has 0 unspecified atom stereocenters. The van der Waals surface area contributed by atoms with Crippen LogP contribution in [0.5, 0.6) is 0 Å². The number of methoxy groups -OCH3 is 1. The van der Waals surface area contributed by atoms with Crippen LogP contribution in [0, 0.1) is 0 Å². The zero-order valence-electron chi connectivity index (χ0n) is 10.1. The maximum atomic E-state index is 11.5. The van der Waals surface area contributed by atoms with Crippen LogP contribution in [0.2, 0.25) is 0 Å². The quantitative estimate of drug-likeness (QED) is 0.852. The molecule has 4 nitrogen and oxygen atoms in total. The number of nitrogens with one attached hydrogen (secondary N) is 1. The Labute approximate surface area is 101 Å². The topological polar surface area (TPSA) is 55.4 Å². The minimum atomic E-state index is -0.525. The molecular formula is C13H17NO3. The second-order valence-electron chi connectivity index (χ2n) is 3.70. The molecule has 0 saturated carbocycles. The lowest BCUT2D eigenvalue weighted by Gasteiger charge is -2.17. The van der Waals surface area contributed by atoms with Gasteiger partial charge in [-0.3, -0.25) is 4.79 Å². The number of amides is 1.